The SMILES string of the molecule is N#Cc1ccc(C=CC(=O)N2CC(CC(=O)O)C2)cc1. The van der Waals surface area contributed by atoms with E-state index in [1.807, 2.05) is 6.07 Å². The van der Waals surface area contributed by atoms with Gasteiger partial charge in [-0.1, -0.05) is 12.1 Å². The Hall–Kier alpha value is -2.61. The van der Waals surface area contributed by atoms with Crippen molar-refractivity contribution in [2.45, 2.75) is 6.42 Å². The Balaban J connectivity index is 1.84. The van der Waals surface area contributed by atoms with Crippen molar-refractivity contribution in [3.8, 4) is 6.07 Å². The molecule has 0 aliphatic carbocycles. The highest BCUT2D eigenvalue weighted by atomic mass is 16.4. The van der Waals surface area contributed by atoms with E-state index in [0.29, 0.717) is 18.7 Å². The van der Waals surface area contributed by atoms with Gasteiger partial charge >= 0.3 is 5.97 Å². The van der Waals surface area contributed by atoms with Crippen LogP contribution in [0.15, 0.2) is 30.3 Å². The van der Waals surface area contributed by atoms with Gasteiger partial charge in [0.25, 0.3) is 0 Å². The highest BCUT2D eigenvalue weighted by Crippen LogP contribution is 2.19. The predicted octanol–water partition coefficient (Wildman–Crippen LogP) is 1.50. The van der Waals surface area contributed by atoms with Gasteiger partial charge in [-0.05, 0) is 23.8 Å². The molecule has 1 saturated heterocycles. The zero-order chi connectivity index (χ0) is 14.5. The van der Waals surface area contributed by atoms with Crippen LogP contribution in [0.4, 0.5) is 0 Å². The van der Waals surface area contributed by atoms with Gasteiger partial charge in [0.2, 0.25) is 5.91 Å². The number of aliphatic carboxylic acids is 1. The Kier molecular flexibility index (Phi) is 4.16. The number of hydrogen-bond donors (Lipinski definition) is 1. The number of rotatable bonds is 4. The Morgan fingerprint density at radius 1 is 1.35 bits per heavy atom. The normalized spacial score (nSPS) is 14.8. The van der Waals surface area contributed by atoms with Gasteiger partial charge in [0.15, 0.2) is 0 Å². The summed E-state index contributed by atoms with van der Waals surface area (Å²) in [5.41, 5.74) is 1.42. The maximum absolute atomic E-state index is 11.8. The van der Waals surface area contributed by atoms with E-state index >= 15 is 0 Å². The number of benzene rings is 1. The van der Waals surface area contributed by atoms with Crippen LogP contribution in [-0.4, -0.2) is 35.0 Å². The van der Waals surface area contributed by atoms with E-state index in [-0.39, 0.29) is 18.2 Å². The fraction of sp³-hybridized carbons (Fsp3) is 0.267. The first-order valence-electron chi connectivity index (χ1n) is 6.27. The summed E-state index contributed by atoms with van der Waals surface area (Å²) in [6, 6.07) is 8.95. The summed E-state index contributed by atoms with van der Waals surface area (Å²) in [6.45, 7) is 1.01. The standard InChI is InChI=1S/C15H14N2O3/c16-8-12-3-1-11(2-4-12)5-6-14(18)17-9-13(10-17)7-15(19)20/h1-6,13H,7,9-10H2,(H,19,20). The molecule has 0 radical (unpaired) electrons. The van der Waals surface area contributed by atoms with E-state index in [4.69, 9.17) is 10.4 Å². The second kappa shape index (κ2) is 6.02. The molecule has 0 bridgehead atoms. The summed E-state index contributed by atoms with van der Waals surface area (Å²) >= 11 is 0. The molecule has 0 saturated carbocycles. The lowest BCUT2D eigenvalue weighted by molar-refractivity contribution is -0.143. The average Bonchev–Trinajstić information content (AvgIpc) is 2.40. The number of likely N-dealkylation sites (tertiary alicyclic amines) is 1. The topological polar surface area (TPSA) is 81.4 Å². The molecule has 1 heterocycles. The number of carbonyl (C=O) groups excluding carboxylic acids is 1. The minimum Gasteiger partial charge on any atom is -0.481 e. The van der Waals surface area contributed by atoms with Crippen molar-refractivity contribution >= 4 is 18.0 Å². The molecule has 20 heavy (non-hydrogen) atoms. The van der Waals surface area contributed by atoms with E-state index in [1.165, 1.54) is 6.08 Å². The number of carboxylic acid groups (broad SMARTS) is 1. The summed E-state index contributed by atoms with van der Waals surface area (Å²) in [4.78, 5) is 23.9. The molecule has 1 N–H and O–H groups in total. The zero-order valence-corrected chi connectivity index (χ0v) is 10.8. The van der Waals surface area contributed by atoms with Crippen molar-refractivity contribution in [2.24, 2.45) is 5.92 Å². The van der Waals surface area contributed by atoms with E-state index < -0.39 is 5.97 Å². The van der Waals surface area contributed by atoms with E-state index in [1.54, 1.807) is 35.2 Å². The van der Waals surface area contributed by atoms with Crippen LogP contribution >= 0.6 is 0 Å². The molecular weight excluding hydrogens is 256 g/mol. The molecule has 1 fully saturated rings. The van der Waals surface area contributed by atoms with Crippen molar-refractivity contribution in [3.05, 3.63) is 41.5 Å². The second-order valence-electron chi connectivity index (χ2n) is 4.77. The molecule has 0 atom stereocenters. The van der Waals surface area contributed by atoms with Crippen molar-refractivity contribution in [1.82, 2.24) is 4.90 Å². The van der Waals surface area contributed by atoms with Crippen LogP contribution in [0.2, 0.25) is 0 Å². The van der Waals surface area contributed by atoms with Crippen LogP contribution in [-0.2, 0) is 9.59 Å². The quantitative estimate of drug-likeness (QED) is 0.841. The van der Waals surface area contributed by atoms with E-state index in [0.717, 1.165) is 5.56 Å². The molecule has 1 aliphatic rings. The van der Waals surface area contributed by atoms with Crippen molar-refractivity contribution < 1.29 is 14.7 Å². The second-order valence-corrected chi connectivity index (χ2v) is 4.77. The molecule has 1 amide bonds. The average molecular weight is 270 g/mol. The van der Waals surface area contributed by atoms with Crippen molar-refractivity contribution in [2.75, 3.05) is 13.1 Å². The third kappa shape index (κ3) is 3.45. The van der Waals surface area contributed by atoms with Crippen LogP contribution < -0.4 is 0 Å². The number of carbonyl (C=O) groups is 2. The summed E-state index contributed by atoms with van der Waals surface area (Å²) in [5.74, 6) is -0.869. The number of nitrogens with zero attached hydrogens (tertiary/aromatic N) is 2. The molecule has 5 heteroatoms. The minimum atomic E-state index is -0.824. The fourth-order valence-corrected chi connectivity index (χ4v) is 2.07. The van der Waals surface area contributed by atoms with Crippen molar-refractivity contribution in [3.63, 3.8) is 0 Å². The number of nitriles is 1. The maximum Gasteiger partial charge on any atom is 0.303 e. The van der Waals surface area contributed by atoms with Crippen molar-refractivity contribution in [1.29, 1.82) is 5.26 Å². The smallest absolute Gasteiger partial charge is 0.303 e. The molecule has 0 spiro atoms. The molecule has 1 aromatic carbocycles. The third-order valence-electron chi connectivity index (χ3n) is 3.19. The van der Waals surface area contributed by atoms with Gasteiger partial charge < -0.3 is 10.0 Å². The molecule has 2 rings (SSSR count). The first-order valence-corrected chi connectivity index (χ1v) is 6.27. The number of carboxylic acids is 1. The van der Waals surface area contributed by atoms with Crippen LogP contribution in [0.1, 0.15) is 17.5 Å². The Morgan fingerprint density at radius 3 is 2.55 bits per heavy atom. The van der Waals surface area contributed by atoms with Gasteiger partial charge in [-0.2, -0.15) is 5.26 Å². The lowest BCUT2D eigenvalue weighted by Crippen LogP contribution is -2.49. The molecule has 1 aliphatic heterocycles. The zero-order valence-electron chi connectivity index (χ0n) is 10.8. The molecular formula is C15H14N2O3. The molecule has 102 valence electrons. The highest BCUT2D eigenvalue weighted by Gasteiger charge is 2.30. The van der Waals surface area contributed by atoms with Crippen LogP contribution in [0.3, 0.4) is 0 Å². The Morgan fingerprint density at radius 2 is 2.00 bits per heavy atom. The summed E-state index contributed by atoms with van der Waals surface area (Å²) in [6.07, 6.45) is 3.27. The molecule has 1 aromatic rings. The monoisotopic (exact) mass is 270 g/mol. The highest BCUT2D eigenvalue weighted by molar-refractivity contribution is 5.92. The number of amides is 1. The summed E-state index contributed by atoms with van der Waals surface area (Å²) in [5, 5.41) is 17.3. The first-order chi connectivity index (χ1) is 9.58. The third-order valence-corrected chi connectivity index (χ3v) is 3.19. The lowest BCUT2D eigenvalue weighted by Gasteiger charge is -2.37. The Bertz CT molecular complexity index is 578. The van der Waals surface area contributed by atoms with E-state index in [2.05, 4.69) is 0 Å². The summed E-state index contributed by atoms with van der Waals surface area (Å²) in [7, 11) is 0. The van der Waals surface area contributed by atoms with Gasteiger partial charge in [-0.15, -0.1) is 0 Å². The molecule has 5 nitrogen and oxygen atoms in total. The predicted molar refractivity (Wildman–Crippen MR) is 72.5 cm³/mol. The van der Waals surface area contributed by atoms with Crippen LogP contribution in [0.5, 0.6) is 0 Å². The summed E-state index contributed by atoms with van der Waals surface area (Å²) < 4.78 is 0. The maximum atomic E-state index is 11.8. The fourth-order valence-electron chi connectivity index (χ4n) is 2.07. The van der Waals surface area contributed by atoms with Gasteiger partial charge in [0.05, 0.1) is 18.1 Å². The van der Waals surface area contributed by atoms with Crippen LogP contribution in [0, 0.1) is 17.2 Å². The minimum absolute atomic E-state index is 0.0692. The van der Waals surface area contributed by atoms with Gasteiger partial charge in [0, 0.05) is 25.1 Å². The van der Waals surface area contributed by atoms with Gasteiger partial charge in [0.1, 0.15) is 0 Å². The van der Waals surface area contributed by atoms with Gasteiger partial charge in [-0.25, -0.2) is 0 Å². The Labute approximate surface area is 116 Å². The largest absolute Gasteiger partial charge is 0.481 e. The van der Waals surface area contributed by atoms with Gasteiger partial charge in [-0.3, -0.25) is 9.59 Å². The van der Waals surface area contributed by atoms with E-state index in [9.17, 15) is 9.59 Å². The molecule has 0 unspecified atom stereocenters. The first kappa shape index (κ1) is 13.8. The molecule has 0 aromatic heterocycles. The number of hydrogen-bond acceptors (Lipinski definition) is 3. The lowest BCUT2D eigenvalue weighted by atomic mass is 9.96. The van der Waals surface area contributed by atoms with Crippen LogP contribution in [0.25, 0.3) is 6.08 Å².